The van der Waals surface area contributed by atoms with E-state index >= 15 is 0 Å². The molecule has 15 nitrogen and oxygen atoms in total. The largest absolute Gasteiger partial charge is 0.468 e. The molecule has 0 radical (unpaired) electrons. The van der Waals surface area contributed by atoms with Crippen molar-refractivity contribution in [3.8, 4) is 36.6 Å². The molecule has 0 aliphatic heterocycles. The Labute approximate surface area is 454 Å². The summed E-state index contributed by atoms with van der Waals surface area (Å²) in [4.78, 5) is 50.1. The van der Waals surface area contributed by atoms with Gasteiger partial charge in [-0.25, -0.2) is 4.79 Å². The fourth-order valence-corrected chi connectivity index (χ4v) is 6.62. The van der Waals surface area contributed by atoms with Crippen LogP contribution in [0.25, 0.3) is 12.2 Å². The van der Waals surface area contributed by atoms with E-state index in [1.165, 1.54) is 11.6 Å². The molecular formula is C61H78N8O7. The fraction of sp³-hybridized carbons (Fsp3) is 0.361. The molecule has 0 N–H and O–H groups in total. The van der Waals surface area contributed by atoms with E-state index in [2.05, 4.69) is 96.2 Å². The molecular weight excluding hydrogens is 957 g/mol. The third kappa shape index (κ3) is 27.3. The van der Waals surface area contributed by atoms with Crippen LogP contribution in [0, 0.1) is 64.6 Å². The molecule has 0 aliphatic carbocycles. The molecule has 1 atom stereocenters. The molecule has 0 aromatic heterocycles. The van der Waals surface area contributed by atoms with E-state index in [0.29, 0.717) is 57.7 Å². The van der Waals surface area contributed by atoms with Gasteiger partial charge in [0.15, 0.2) is 0 Å². The average Bonchev–Trinajstić information content (AvgIpc) is 3.45. The lowest BCUT2D eigenvalue weighted by atomic mass is 9.92. The first-order valence-corrected chi connectivity index (χ1v) is 24.9. The molecule has 404 valence electrons. The van der Waals surface area contributed by atoms with Gasteiger partial charge >= 0.3 is 5.97 Å². The standard InChI is InChI=1S/C46H50N6O4.C4H8O.C3H5N.C3H3N.C3H6O2.C2H6/c1-9-36-14-22-41(23-15-36)50(6)33-46(32-49(5)40-20-12-35(4)13-21-40,34-51(7)42-24-16-38(17-25-42)29-44(31-48)56-55-11-3)52(8)43-26-18-37(19-27-43)28-39(30-47)45(53)54-10-2;1-2-3-4-5;2*1-2-3-4;1-2-5-3-4;1-2/h1,12-29H,10-11,32-34H2,2-8H3;4H,2-3H2,1H3;2H2,1H3;2H,1H2;3H,2H2,1H3;1-2H3/b39-28+,44-29+;;;;;. The van der Waals surface area contributed by atoms with Crippen LogP contribution in [0.1, 0.15) is 90.0 Å². The molecule has 0 bridgehead atoms. The number of terminal acetylenes is 1. The highest BCUT2D eigenvalue weighted by atomic mass is 17.2. The number of benzene rings is 4. The molecule has 0 amide bonds. The topological polar surface area (TPSA) is 196 Å². The van der Waals surface area contributed by atoms with Gasteiger partial charge in [-0.2, -0.15) is 25.9 Å². The van der Waals surface area contributed by atoms with E-state index in [0.717, 1.165) is 46.6 Å². The number of aldehydes is 1. The second-order valence-electron chi connectivity index (χ2n) is 15.9. The molecule has 0 spiro atoms. The molecule has 0 saturated heterocycles. The third-order valence-corrected chi connectivity index (χ3v) is 10.4. The maximum atomic E-state index is 12.3. The summed E-state index contributed by atoms with van der Waals surface area (Å²) in [6.07, 6.45) is 13.3. The number of esters is 1. The quantitative estimate of drug-likeness (QED) is 0.0105. The highest BCUT2D eigenvalue weighted by molar-refractivity contribution is 5.97. The number of hydrogen-bond donors (Lipinski definition) is 0. The number of aryl methyl sites for hydroxylation is 1. The molecule has 4 rings (SSSR count). The van der Waals surface area contributed by atoms with Crippen LogP contribution in [0.2, 0.25) is 0 Å². The normalized spacial score (nSPS) is 10.5. The van der Waals surface area contributed by atoms with Crippen LogP contribution in [0.4, 0.5) is 22.7 Å². The average molecular weight is 1040 g/mol. The Hall–Kier alpha value is -8.81. The molecule has 4 aromatic rings. The number of allylic oxidation sites excluding steroid dienone is 2. The summed E-state index contributed by atoms with van der Waals surface area (Å²) in [5.74, 6) is 2.13. The molecule has 0 heterocycles. The van der Waals surface area contributed by atoms with E-state index in [1.807, 2.05) is 119 Å². The summed E-state index contributed by atoms with van der Waals surface area (Å²) in [6.45, 7) is 21.5. The molecule has 4 aromatic carbocycles. The van der Waals surface area contributed by atoms with Crippen molar-refractivity contribution in [2.75, 3.05) is 87.2 Å². The summed E-state index contributed by atoms with van der Waals surface area (Å²) in [7, 11) is 8.38. The minimum Gasteiger partial charge on any atom is -0.468 e. The minimum atomic E-state index is -0.649. The number of carbonyl (C=O) groups excluding carboxylic acids is 3. The fourth-order valence-electron chi connectivity index (χ4n) is 6.62. The van der Waals surface area contributed by atoms with Gasteiger partial charge in [-0.05, 0) is 112 Å². The van der Waals surface area contributed by atoms with Crippen molar-refractivity contribution < 1.29 is 33.6 Å². The van der Waals surface area contributed by atoms with Crippen molar-refractivity contribution in [2.45, 2.75) is 80.2 Å². The second kappa shape index (κ2) is 42.7. The Morgan fingerprint density at radius 2 is 1.12 bits per heavy atom. The molecule has 0 aliphatic rings. The first-order chi connectivity index (χ1) is 36.6. The molecule has 0 saturated carbocycles. The zero-order chi connectivity index (χ0) is 57.7. The number of carbonyl (C=O) groups is 3. The lowest BCUT2D eigenvalue weighted by molar-refractivity contribution is -0.252. The first kappa shape index (κ1) is 69.3. The predicted molar refractivity (Wildman–Crippen MR) is 308 cm³/mol. The summed E-state index contributed by atoms with van der Waals surface area (Å²) < 4.78 is 9.22. The zero-order valence-corrected chi connectivity index (χ0v) is 46.7. The maximum absolute atomic E-state index is 12.3. The molecule has 15 heteroatoms. The van der Waals surface area contributed by atoms with Gasteiger partial charge in [0.2, 0.25) is 5.76 Å². The van der Waals surface area contributed by atoms with Crippen LogP contribution in [0.3, 0.4) is 0 Å². The summed E-state index contributed by atoms with van der Waals surface area (Å²) in [6, 6.07) is 39.9. The summed E-state index contributed by atoms with van der Waals surface area (Å²) in [5.41, 5.74) is 6.88. The van der Waals surface area contributed by atoms with Crippen molar-refractivity contribution in [3.63, 3.8) is 0 Å². The highest BCUT2D eigenvalue weighted by Crippen LogP contribution is 2.31. The van der Waals surface area contributed by atoms with Crippen molar-refractivity contribution >= 4 is 53.6 Å². The first-order valence-electron chi connectivity index (χ1n) is 24.9. The number of unbranched alkanes of at least 4 members (excludes halogenated alkanes) is 1. The summed E-state index contributed by atoms with van der Waals surface area (Å²) >= 11 is 0. The smallest absolute Gasteiger partial charge is 0.348 e. The van der Waals surface area contributed by atoms with Crippen LogP contribution >= 0.6 is 0 Å². The number of likely N-dealkylation sites (N-methyl/N-ethyl adjacent to an activating group) is 4. The van der Waals surface area contributed by atoms with Crippen molar-refractivity contribution in [1.82, 2.24) is 0 Å². The number of anilines is 4. The van der Waals surface area contributed by atoms with Gasteiger partial charge in [0.25, 0.3) is 6.47 Å². The summed E-state index contributed by atoms with van der Waals surface area (Å²) in [5, 5.41) is 34.3. The highest BCUT2D eigenvalue weighted by Gasteiger charge is 2.39. The van der Waals surface area contributed by atoms with Gasteiger partial charge in [0, 0.05) is 101 Å². The van der Waals surface area contributed by atoms with Gasteiger partial charge in [0.05, 0.1) is 37.5 Å². The lowest BCUT2D eigenvalue weighted by Gasteiger charge is -2.50. The number of rotatable bonds is 22. The van der Waals surface area contributed by atoms with E-state index in [4.69, 9.17) is 31.5 Å². The monoisotopic (exact) mass is 1030 g/mol. The molecule has 0 fully saturated rings. The van der Waals surface area contributed by atoms with Crippen LogP contribution in [0.5, 0.6) is 0 Å². The van der Waals surface area contributed by atoms with Crippen LogP contribution < -0.4 is 19.6 Å². The van der Waals surface area contributed by atoms with Gasteiger partial charge < -0.3 is 38.8 Å². The van der Waals surface area contributed by atoms with Crippen molar-refractivity contribution in [3.05, 3.63) is 143 Å². The van der Waals surface area contributed by atoms with Gasteiger partial charge in [-0.1, -0.05) is 82.2 Å². The number of nitrogens with zero attached hydrogens (tertiary/aromatic N) is 8. The van der Waals surface area contributed by atoms with E-state index < -0.39 is 11.5 Å². The van der Waals surface area contributed by atoms with E-state index in [1.54, 1.807) is 39.0 Å². The number of ether oxygens (including phenoxy) is 2. The van der Waals surface area contributed by atoms with Gasteiger partial charge in [0.1, 0.15) is 24.0 Å². The Morgan fingerprint density at radius 1 is 0.671 bits per heavy atom. The van der Waals surface area contributed by atoms with Gasteiger partial charge in [-0.3, -0.25) is 4.79 Å². The van der Waals surface area contributed by atoms with E-state index in [-0.39, 0.29) is 17.9 Å². The predicted octanol–water partition coefficient (Wildman–Crippen LogP) is 11.7. The van der Waals surface area contributed by atoms with Crippen molar-refractivity contribution in [1.29, 1.82) is 21.0 Å². The zero-order valence-electron chi connectivity index (χ0n) is 46.7. The van der Waals surface area contributed by atoms with Crippen LogP contribution in [-0.4, -0.2) is 91.9 Å². The maximum Gasteiger partial charge on any atom is 0.348 e. The van der Waals surface area contributed by atoms with Crippen LogP contribution in [-0.2, 0) is 33.6 Å². The Balaban J connectivity index is 0. The SMILES string of the molecule is C#Cc1ccc(N(C)CC(CN(C)c2ccc(C)cc2)(CN(C)c2ccc(/C=C(\C#N)OOCC)cc2)N(C)c2ccc(/C=C(\C#N)C(=O)OCC)cc2)cc1.C=CC#N.CC.CCC#N.CCCC=O.CCOC=O. The molecule has 1 unspecified atom stereocenters. The lowest BCUT2D eigenvalue weighted by Crippen LogP contribution is -2.65. The van der Waals surface area contributed by atoms with Gasteiger partial charge in [-0.15, -0.1) is 6.42 Å². The second-order valence-corrected chi connectivity index (χ2v) is 15.9. The Kier molecular flexibility index (Phi) is 38.9. The Morgan fingerprint density at radius 3 is 1.45 bits per heavy atom. The van der Waals surface area contributed by atoms with E-state index in [9.17, 15) is 24.9 Å². The minimum absolute atomic E-state index is 0.0618. The third-order valence-electron chi connectivity index (χ3n) is 10.4. The van der Waals surface area contributed by atoms with Crippen molar-refractivity contribution in [2.24, 2.45) is 0 Å². The number of nitriles is 4. The molecule has 76 heavy (non-hydrogen) atoms. The Bertz CT molecular complexity index is 2540. The number of hydrogen-bond acceptors (Lipinski definition) is 15. The van der Waals surface area contributed by atoms with Crippen LogP contribution in [0.15, 0.2) is 121 Å².